The lowest BCUT2D eigenvalue weighted by Crippen LogP contribution is -2.00. The van der Waals surface area contributed by atoms with Crippen molar-refractivity contribution in [3.63, 3.8) is 0 Å². The van der Waals surface area contributed by atoms with Crippen LogP contribution in [0.25, 0.3) is 0 Å². The number of aromatic nitrogens is 1. The quantitative estimate of drug-likeness (QED) is 0.701. The van der Waals surface area contributed by atoms with Crippen molar-refractivity contribution in [2.24, 2.45) is 5.73 Å². The van der Waals surface area contributed by atoms with Gasteiger partial charge in [0.15, 0.2) is 10.9 Å². The molecule has 0 aliphatic rings. The van der Waals surface area contributed by atoms with Crippen LogP contribution in [0.2, 0.25) is 5.15 Å². The van der Waals surface area contributed by atoms with Crippen molar-refractivity contribution in [3.05, 3.63) is 23.0 Å². The van der Waals surface area contributed by atoms with E-state index in [0.717, 1.165) is 18.4 Å². The highest BCUT2D eigenvalue weighted by Gasteiger charge is 2.00. The molecule has 4 heteroatoms. The van der Waals surface area contributed by atoms with Crippen molar-refractivity contribution >= 4 is 11.6 Å². The molecule has 0 amide bonds. The Hall–Kier alpha value is -0.800. The Kier molecular flexibility index (Phi) is 3.31. The molecule has 0 unspecified atom stereocenters. The first-order valence-corrected chi connectivity index (χ1v) is 4.15. The van der Waals surface area contributed by atoms with Crippen LogP contribution in [0.4, 0.5) is 0 Å². The highest BCUT2D eigenvalue weighted by molar-refractivity contribution is 6.30. The zero-order chi connectivity index (χ0) is 8.97. The smallest absolute Gasteiger partial charge is 0.170 e. The van der Waals surface area contributed by atoms with Crippen LogP contribution < -0.4 is 5.73 Å². The molecule has 1 aromatic heterocycles. The van der Waals surface area contributed by atoms with Crippen molar-refractivity contribution in [3.8, 4) is 5.75 Å². The molecule has 0 spiro atoms. The Morgan fingerprint density at radius 2 is 2.33 bits per heavy atom. The fourth-order valence-electron chi connectivity index (χ4n) is 0.921. The number of aromatic hydroxyl groups is 1. The monoisotopic (exact) mass is 186 g/mol. The maximum Gasteiger partial charge on any atom is 0.170 e. The molecule has 66 valence electrons. The van der Waals surface area contributed by atoms with E-state index in [0.29, 0.717) is 6.54 Å². The summed E-state index contributed by atoms with van der Waals surface area (Å²) in [5.41, 5.74) is 6.30. The lowest BCUT2D eigenvalue weighted by atomic mass is 10.1. The first-order chi connectivity index (χ1) is 5.74. The number of aryl methyl sites for hydroxylation is 1. The Morgan fingerprint density at radius 1 is 1.58 bits per heavy atom. The van der Waals surface area contributed by atoms with Crippen molar-refractivity contribution < 1.29 is 5.11 Å². The summed E-state index contributed by atoms with van der Waals surface area (Å²) in [7, 11) is 0. The zero-order valence-corrected chi connectivity index (χ0v) is 7.38. The van der Waals surface area contributed by atoms with Gasteiger partial charge in [0.1, 0.15) is 0 Å². The fourth-order valence-corrected chi connectivity index (χ4v) is 1.02. The summed E-state index contributed by atoms with van der Waals surface area (Å²) in [6.45, 7) is 0.642. The summed E-state index contributed by atoms with van der Waals surface area (Å²) in [5, 5.41) is 9.32. The minimum Gasteiger partial charge on any atom is -0.505 e. The molecule has 0 saturated heterocycles. The van der Waals surface area contributed by atoms with E-state index in [1.54, 1.807) is 12.3 Å². The SMILES string of the molecule is NCCCc1cnc(Cl)c(O)c1. The van der Waals surface area contributed by atoms with E-state index in [4.69, 9.17) is 17.3 Å². The molecule has 1 rings (SSSR count). The molecule has 0 fully saturated rings. The normalized spacial score (nSPS) is 10.2. The van der Waals surface area contributed by atoms with Gasteiger partial charge >= 0.3 is 0 Å². The third-order valence-corrected chi connectivity index (χ3v) is 1.84. The van der Waals surface area contributed by atoms with E-state index in [1.807, 2.05) is 0 Å². The molecular formula is C8H11ClN2O. The minimum atomic E-state index is 0.0335. The van der Waals surface area contributed by atoms with Crippen molar-refractivity contribution in [2.75, 3.05) is 6.54 Å². The van der Waals surface area contributed by atoms with E-state index in [9.17, 15) is 5.11 Å². The highest BCUT2D eigenvalue weighted by atomic mass is 35.5. The number of rotatable bonds is 3. The Balaban J connectivity index is 2.69. The predicted octanol–water partition coefficient (Wildman–Crippen LogP) is 1.33. The summed E-state index contributed by atoms with van der Waals surface area (Å²) in [6, 6.07) is 1.62. The van der Waals surface area contributed by atoms with Crippen LogP contribution in [0.15, 0.2) is 12.3 Å². The van der Waals surface area contributed by atoms with Gasteiger partial charge in [0.25, 0.3) is 0 Å². The molecule has 0 aliphatic carbocycles. The molecule has 0 atom stereocenters. The van der Waals surface area contributed by atoms with Gasteiger partial charge in [-0.15, -0.1) is 0 Å². The van der Waals surface area contributed by atoms with Crippen LogP contribution >= 0.6 is 11.6 Å². The molecule has 0 aromatic carbocycles. The molecule has 12 heavy (non-hydrogen) atoms. The summed E-state index contributed by atoms with van der Waals surface area (Å²) in [5.74, 6) is 0.0335. The van der Waals surface area contributed by atoms with Gasteiger partial charge in [-0.2, -0.15) is 0 Å². The summed E-state index contributed by atoms with van der Waals surface area (Å²) in [4.78, 5) is 3.81. The average Bonchev–Trinajstić information content (AvgIpc) is 2.07. The van der Waals surface area contributed by atoms with E-state index >= 15 is 0 Å². The van der Waals surface area contributed by atoms with E-state index < -0.39 is 0 Å². The molecule has 3 nitrogen and oxygen atoms in total. The van der Waals surface area contributed by atoms with Gasteiger partial charge in [0.05, 0.1) is 0 Å². The van der Waals surface area contributed by atoms with E-state index in [2.05, 4.69) is 4.98 Å². The highest BCUT2D eigenvalue weighted by Crippen LogP contribution is 2.20. The molecule has 1 aromatic rings. The predicted molar refractivity (Wildman–Crippen MR) is 48.3 cm³/mol. The third kappa shape index (κ3) is 2.36. The topological polar surface area (TPSA) is 59.1 Å². The third-order valence-electron chi connectivity index (χ3n) is 1.55. The zero-order valence-electron chi connectivity index (χ0n) is 6.63. The van der Waals surface area contributed by atoms with Crippen LogP contribution in [-0.2, 0) is 6.42 Å². The molecule has 3 N–H and O–H groups in total. The lowest BCUT2D eigenvalue weighted by molar-refractivity contribution is 0.472. The standard InChI is InChI=1S/C8H11ClN2O/c9-8-7(12)4-6(5-11-8)2-1-3-10/h4-5,12H,1-3,10H2. The molecule has 0 bridgehead atoms. The van der Waals surface area contributed by atoms with Gasteiger partial charge in [-0.05, 0) is 31.0 Å². The summed E-state index contributed by atoms with van der Waals surface area (Å²) < 4.78 is 0. The van der Waals surface area contributed by atoms with E-state index in [-0.39, 0.29) is 10.9 Å². The largest absolute Gasteiger partial charge is 0.505 e. The maximum absolute atomic E-state index is 9.17. The van der Waals surface area contributed by atoms with E-state index in [1.165, 1.54) is 0 Å². The first kappa shape index (κ1) is 9.29. The number of nitrogens with two attached hydrogens (primary N) is 1. The first-order valence-electron chi connectivity index (χ1n) is 3.77. The molecule has 0 saturated carbocycles. The van der Waals surface area contributed by atoms with Crippen LogP contribution in [0, 0.1) is 0 Å². The van der Waals surface area contributed by atoms with Gasteiger partial charge in [-0.25, -0.2) is 4.98 Å². The molecule has 1 heterocycles. The molecule has 0 radical (unpaired) electrons. The van der Waals surface area contributed by atoms with Gasteiger partial charge in [-0.1, -0.05) is 11.6 Å². The molecule has 0 aliphatic heterocycles. The Bertz CT molecular complexity index is 265. The van der Waals surface area contributed by atoms with Crippen molar-refractivity contribution in [1.29, 1.82) is 0 Å². The average molecular weight is 187 g/mol. The van der Waals surface area contributed by atoms with Gasteiger partial charge in [0, 0.05) is 6.20 Å². The number of nitrogens with zero attached hydrogens (tertiary/aromatic N) is 1. The minimum absolute atomic E-state index is 0.0335. The van der Waals surface area contributed by atoms with Crippen molar-refractivity contribution in [1.82, 2.24) is 4.98 Å². The number of hydrogen-bond donors (Lipinski definition) is 2. The summed E-state index contributed by atoms with van der Waals surface area (Å²) >= 11 is 5.53. The number of halogens is 1. The second kappa shape index (κ2) is 4.28. The number of hydrogen-bond acceptors (Lipinski definition) is 3. The van der Waals surface area contributed by atoms with Crippen molar-refractivity contribution in [2.45, 2.75) is 12.8 Å². The van der Waals surface area contributed by atoms with Gasteiger partial charge < -0.3 is 10.8 Å². The Morgan fingerprint density at radius 3 is 2.92 bits per heavy atom. The lowest BCUT2D eigenvalue weighted by Gasteiger charge is -2.00. The van der Waals surface area contributed by atoms with Gasteiger partial charge in [-0.3, -0.25) is 0 Å². The van der Waals surface area contributed by atoms with Crippen LogP contribution in [-0.4, -0.2) is 16.6 Å². The fraction of sp³-hybridized carbons (Fsp3) is 0.375. The molecular weight excluding hydrogens is 176 g/mol. The number of pyridine rings is 1. The van der Waals surface area contributed by atoms with Crippen LogP contribution in [0.5, 0.6) is 5.75 Å². The maximum atomic E-state index is 9.17. The van der Waals surface area contributed by atoms with Gasteiger partial charge in [0.2, 0.25) is 0 Å². The van der Waals surface area contributed by atoms with Crippen LogP contribution in [0.3, 0.4) is 0 Å². The van der Waals surface area contributed by atoms with Crippen LogP contribution in [0.1, 0.15) is 12.0 Å². The Labute approximate surface area is 76.2 Å². The second-order valence-electron chi connectivity index (χ2n) is 2.55. The summed E-state index contributed by atoms with van der Waals surface area (Å²) in [6.07, 6.45) is 3.37. The second-order valence-corrected chi connectivity index (χ2v) is 2.90.